The maximum absolute atomic E-state index is 12.5. The second-order valence-electron chi connectivity index (χ2n) is 12.5. The van der Waals surface area contributed by atoms with Crippen molar-refractivity contribution in [1.29, 1.82) is 0 Å². The summed E-state index contributed by atoms with van der Waals surface area (Å²) in [6, 6.07) is -0.697. The molecule has 0 amide bonds. The van der Waals surface area contributed by atoms with Gasteiger partial charge in [-0.15, -0.1) is 0 Å². The van der Waals surface area contributed by atoms with Gasteiger partial charge < -0.3 is 25.5 Å². The Bertz CT molecular complexity index is 1150. The first-order valence-corrected chi connectivity index (χ1v) is 17.0. The lowest BCUT2D eigenvalue weighted by atomic mass is 10.0. The highest BCUT2D eigenvalue weighted by atomic mass is 16.5. The van der Waals surface area contributed by atoms with Crippen molar-refractivity contribution < 1.29 is 19.1 Å². The van der Waals surface area contributed by atoms with Gasteiger partial charge in [0.05, 0.1) is 19.5 Å². The van der Waals surface area contributed by atoms with Gasteiger partial charge in [0.1, 0.15) is 6.04 Å². The van der Waals surface area contributed by atoms with Crippen LogP contribution in [0.15, 0.2) is 11.1 Å². The fourth-order valence-corrected chi connectivity index (χ4v) is 5.23. The Balaban J connectivity index is 1.69. The third-order valence-electron chi connectivity index (χ3n) is 8.17. The topological polar surface area (TPSA) is 168 Å². The quantitative estimate of drug-likeness (QED) is 0.0887. The highest BCUT2D eigenvalue weighted by Gasteiger charge is 2.21. The molecule has 2 rings (SSSR count). The number of imidazole rings is 1. The molecule has 0 aliphatic rings. The molecule has 0 spiro atoms. The summed E-state index contributed by atoms with van der Waals surface area (Å²) in [4.78, 5) is 47.7. The van der Waals surface area contributed by atoms with E-state index in [4.69, 9.17) is 20.9 Å². The standard InChI is InChI=1S/C33H58N6O5/c1-4-5-6-7-8-9-10-11-12-13-14-15-16-17-18-19-27(40)44-23-26(20-21-43-32(42)28(34)25(2)3)22-39-24-36-29-30(39)37-33(35)38-31(29)41/h24-26,28H,4-23,34H2,1-3H3,(H3,35,37,38,41)/t26?,28-/m0/s1. The van der Waals surface area contributed by atoms with E-state index in [9.17, 15) is 14.4 Å². The number of fused-ring (bicyclic) bond motifs is 1. The van der Waals surface area contributed by atoms with E-state index in [-0.39, 0.29) is 42.5 Å². The monoisotopic (exact) mass is 618 g/mol. The molecular weight excluding hydrogens is 560 g/mol. The molecule has 2 atom stereocenters. The summed E-state index contributed by atoms with van der Waals surface area (Å²) in [6.45, 7) is 6.60. The zero-order chi connectivity index (χ0) is 32.2. The summed E-state index contributed by atoms with van der Waals surface area (Å²) in [6.07, 6.45) is 21.4. The first-order chi connectivity index (χ1) is 21.2. The van der Waals surface area contributed by atoms with Gasteiger partial charge in [-0.2, -0.15) is 4.98 Å². The van der Waals surface area contributed by atoms with Gasteiger partial charge in [-0.1, -0.05) is 111 Å². The largest absolute Gasteiger partial charge is 0.465 e. The zero-order valence-corrected chi connectivity index (χ0v) is 27.5. The molecule has 1 unspecified atom stereocenters. The van der Waals surface area contributed by atoms with Gasteiger partial charge in [-0.05, 0) is 18.8 Å². The summed E-state index contributed by atoms with van der Waals surface area (Å²) in [5, 5.41) is 0. The van der Waals surface area contributed by atoms with Crippen LogP contribution in [0.5, 0.6) is 0 Å². The van der Waals surface area contributed by atoms with Gasteiger partial charge in [-0.3, -0.25) is 19.4 Å². The van der Waals surface area contributed by atoms with Crippen molar-refractivity contribution in [3.63, 3.8) is 0 Å². The van der Waals surface area contributed by atoms with Gasteiger partial charge in [0, 0.05) is 18.9 Å². The van der Waals surface area contributed by atoms with Gasteiger partial charge in [0.25, 0.3) is 5.56 Å². The number of nitrogens with zero attached hydrogens (tertiary/aromatic N) is 3. The number of aromatic amines is 1. The minimum Gasteiger partial charge on any atom is -0.465 e. The molecule has 2 heterocycles. The molecule has 0 aliphatic carbocycles. The smallest absolute Gasteiger partial charge is 0.323 e. The number of nitrogens with one attached hydrogen (secondary N) is 1. The SMILES string of the molecule is CCCCCCCCCCCCCCCCCC(=O)OCC(CCOC(=O)[C@@H](N)C(C)C)Cn1cnc2c(=O)[nH]c(N)nc21. The predicted octanol–water partition coefficient (Wildman–Crippen LogP) is 6.04. The number of aromatic nitrogens is 4. The number of hydrogen-bond donors (Lipinski definition) is 3. The Labute approximate surface area is 263 Å². The van der Waals surface area contributed by atoms with Crippen molar-refractivity contribution in [2.24, 2.45) is 17.6 Å². The number of unbranched alkanes of at least 4 members (excludes halogenated alkanes) is 14. The van der Waals surface area contributed by atoms with Crippen LogP contribution in [-0.4, -0.2) is 50.7 Å². The fraction of sp³-hybridized carbons (Fsp3) is 0.788. The van der Waals surface area contributed by atoms with Crippen LogP contribution in [0.2, 0.25) is 0 Å². The van der Waals surface area contributed by atoms with E-state index in [1.807, 2.05) is 13.8 Å². The third-order valence-corrected chi connectivity index (χ3v) is 8.17. The van der Waals surface area contributed by atoms with Gasteiger partial charge in [0.2, 0.25) is 5.95 Å². The molecule has 0 aliphatic heterocycles. The minimum atomic E-state index is -0.697. The average Bonchev–Trinajstić information content (AvgIpc) is 3.39. The number of hydrogen-bond acceptors (Lipinski definition) is 9. The first kappa shape index (κ1) is 37.2. The van der Waals surface area contributed by atoms with E-state index < -0.39 is 17.6 Å². The average molecular weight is 619 g/mol. The number of carbonyl (C=O) groups is 2. The molecule has 0 aromatic carbocycles. The fourth-order valence-electron chi connectivity index (χ4n) is 5.23. The molecule has 11 heteroatoms. The Morgan fingerprint density at radius 3 is 2.05 bits per heavy atom. The van der Waals surface area contributed by atoms with Crippen molar-refractivity contribution >= 4 is 29.1 Å². The van der Waals surface area contributed by atoms with Crippen molar-refractivity contribution in [2.75, 3.05) is 18.9 Å². The van der Waals surface area contributed by atoms with Crippen LogP contribution in [0.3, 0.4) is 0 Å². The van der Waals surface area contributed by atoms with Gasteiger partial charge in [-0.25, -0.2) is 4.98 Å². The van der Waals surface area contributed by atoms with Crippen LogP contribution in [-0.2, 0) is 25.6 Å². The van der Waals surface area contributed by atoms with Crippen molar-refractivity contribution in [2.45, 2.75) is 143 Å². The lowest BCUT2D eigenvalue weighted by molar-refractivity contribution is -0.149. The summed E-state index contributed by atoms with van der Waals surface area (Å²) < 4.78 is 12.7. The third kappa shape index (κ3) is 14.7. The van der Waals surface area contributed by atoms with Gasteiger partial charge in [0.15, 0.2) is 11.2 Å². The number of nitrogen functional groups attached to an aromatic ring is 1. The molecule has 250 valence electrons. The summed E-state index contributed by atoms with van der Waals surface area (Å²) in [7, 11) is 0. The Morgan fingerprint density at radius 1 is 0.909 bits per heavy atom. The minimum absolute atomic E-state index is 0.00710. The highest BCUT2D eigenvalue weighted by molar-refractivity contribution is 5.75. The molecule has 2 aromatic rings. The molecule has 5 N–H and O–H groups in total. The number of ether oxygens (including phenoxy) is 2. The van der Waals surface area contributed by atoms with E-state index in [1.54, 1.807) is 4.57 Å². The van der Waals surface area contributed by atoms with Crippen LogP contribution in [0.4, 0.5) is 5.95 Å². The number of nitrogens with two attached hydrogens (primary N) is 2. The second kappa shape index (κ2) is 21.7. The van der Waals surface area contributed by atoms with E-state index >= 15 is 0 Å². The van der Waals surface area contributed by atoms with Crippen molar-refractivity contribution in [1.82, 2.24) is 19.5 Å². The second-order valence-corrected chi connectivity index (χ2v) is 12.5. The molecular formula is C33H58N6O5. The number of esters is 2. The van der Waals surface area contributed by atoms with Crippen LogP contribution in [0.1, 0.15) is 130 Å². The van der Waals surface area contributed by atoms with Crippen molar-refractivity contribution in [3.05, 3.63) is 16.7 Å². The number of H-pyrrole nitrogens is 1. The van der Waals surface area contributed by atoms with Crippen LogP contribution in [0, 0.1) is 11.8 Å². The van der Waals surface area contributed by atoms with Gasteiger partial charge >= 0.3 is 11.9 Å². The van der Waals surface area contributed by atoms with Crippen LogP contribution < -0.4 is 17.0 Å². The maximum Gasteiger partial charge on any atom is 0.323 e. The molecule has 2 aromatic heterocycles. The molecule has 0 bridgehead atoms. The van der Waals surface area contributed by atoms with E-state index in [0.29, 0.717) is 25.0 Å². The predicted molar refractivity (Wildman–Crippen MR) is 175 cm³/mol. The Morgan fingerprint density at radius 2 is 1.48 bits per heavy atom. The molecule has 0 fully saturated rings. The van der Waals surface area contributed by atoms with E-state index in [2.05, 4.69) is 21.9 Å². The summed E-state index contributed by atoms with van der Waals surface area (Å²) in [5.41, 5.74) is 11.7. The molecule has 0 saturated carbocycles. The van der Waals surface area contributed by atoms with E-state index in [0.717, 1.165) is 19.3 Å². The summed E-state index contributed by atoms with van der Waals surface area (Å²) in [5.74, 6) is -0.947. The molecule has 11 nitrogen and oxygen atoms in total. The Kier molecular flexibility index (Phi) is 18.4. The Hall–Kier alpha value is -2.95. The van der Waals surface area contributed by atoms with E-state index in [1.165, 1.54) is 83.4 Å². The maximum atomic E-state index is 12.5. The number of rotatable bonds is 25. The zero-order valence-electron chi connectivity index (χ0n) is 27.5. The molecule has 0 saturated heterocycles. The lowest BCUT2D eigenvalue weighted by Crippen LogP contribution is -2.37. The number of anilines is 1. The highest BCUT2D eigenvalue weighted by Crippen LogP contribution is 2.16. The molecule has 0 radical (unpaired) electrons. The summed E-state index contributed by atoms with van der Waals surface area (Å²) >= 11 is 0. The normalized spacial score (nSPS) is 12.9. The lowest BCUT2D eigenvalue weighted by Gasteiger charge is -2.19. The van der Waals surface area contributed by atoms with Crippen LogP contribution in [0.25, 0.3) is 11.2 Å². The van der Waals surface area contributed by atoms with Crippen LogP contribution >= 0.6 is 0 Å². The number of carbonyl (C=O) groups excluding carboxylic acids is 2. The first-order valence-electron chi connectivity index (χ1n) is 17.0. The molecule has 44 heavy (non-hydrogen) atoms. The van der Waals surface area contributed by atoms with Crippen molar-refractivity contribution in [3.8, 4) is 0 Å².